The van der Waals surface area contributed by atoms with E-state index in [4.69, 9.17) is 28.8 Å². The van der Waals surface area contributed by atoms with Crippen molar-refractivity contribution in [2.45, 2.75) is 124 Å². The lowest BCUT2D eigenvalue weighted by Crippen LogP contribution is -2.65. The Morgan fingerprint density at radius 1 is 0.389 bits per heavy atom. The molecule has 0 saturated heterocycles. The van der Waals surface area contributed by atoms with Crippen LogP contribution in [0.15, 0.2) is 0 Å². The molecule has 0 unspecified atom stereocenters. The Labute approximate surface area is 234 Å². The van der Waals surface area contributed by atoms with E-state index in [0.717, 1.165) is 0 Å². The van der Waals surface area contributed by atoms with Gasteiger partial charge in [0.25, 0.3) is 0 Å². The van der Waals surface area contributed by atoms with Gasteiger partial charge in [-0.2, -0.15) is 0 Å². The van der Waals surface area contributed by atoms with Crippen molar-refractivity contribution in [3.63, 3.8) is 0 Å². The van der Waals surface area contributed by atoms with E-state index in [-0.39, 0.29) is 0 Å². The maximum Gasteiger partial charge on any atom is 0.644 e. The van der Waals surface area contributed by atoms with Gasteiger partial charge in [0.2, 0.25) is 0 Å². The van der Waals surface area contributed by atoms with Crippen LogP contribution in [0.5, 0.6) is 0 Å². The third-order valence-corrected chi connectivity index (χ3v) is 26.3. The number of hydrogen-bond donors (Lipinski definition) is 1. The van der Waals surface area contributed by atoms with Crippen LogP contribution in [0.3, 0.4) is 0 Å². The molecular weight excluding hydrogens is 609 g/mol. The van der Waals surface area contributed by atoms with Gasteiger partial charge in [0, 0.05) is 0 Å². The van der Waals surface area contributed by atoms with Gasteiger partial charge in [-0.1, -0.05) is 6.55 Å². The normalized spacial score (nSPS) is 15.3. The minimum Gasteiger partial charge on any atom is -0.401 e. The smallest absolute Gasteiger partial charge is 0.401 e. The van der Waals surface area contributed by atoms with Crippen molar-refractivity contribution in [1.82, 2.24) is 0 Å². The Kier molecular flexibility index (Phi) is 15.5. The Morgan fingerprint density at radius 2 is 0.583 bits per heavy atom. The molecule has 0 amide bonds. The molecular formula is C19H60O8Si9. The Bertz CT molecular complexity index is 557. The van der Waals surface area contributed by atoms with Crippen molar-refractivity contribution < 1.29 is 33.6 Å². The van der Waals surface area contributed by atoms with Crippen LogP contribution in [0.1, 0.15) is 0 Å². The highest BCUT2D eigenvalue weighted by molar-refractivity contribution is 6.91. The largest absolute Gasteiger partial charge is 0.644 e. The first-order chi connectivity index (χ1) is 15.3. The van der Waals surface area contributed by atoms with Crippen LogP contribution in [0, 0.1) is 0 Å². The fourth-order valence-electron chi connectivity index (χ4n) is 2.66. The average Bonchev–Trinajstić information content (AvgIpc) is 2.33. The lowest BCUT2D eigenvalue weighted by atomic mass is 11.8. The second-order valence-electron chi connectivity index (χ2n) is 14.7. The van der Waals surface area contributed by atoms with Gasteiger partial charge in [-0.05, 0) is 118 Å². The molecule has 17 heteroatoms. The molecule has 0 heterocycles. The van der Waals surface area contributed by atoms with E-state index in [1.807, 2.05) is 45.8 Å². The second-order valence-corrected chi connectivity index (χ2v) is 48.8. The molecule has 0 aromatic carbocycles. The van der Waals surface area contributed by atoms with Crippen molar-refractivity contribution in [2.75, 3.05) is 0 Å². The van der Waals surface area contributed by atoms with Gasteiger partial charge in [0.15, 0.2) is 59.7 Å². The second kappa shape index (κ2) is 14.0. The first kappa shape index (κ1) is 39.8. The molecule has 0 fully saturated rings. The van der Waals surface area contributed by atoms with E-state index in [2.05, 4.69) is 78.6 Å². The lowest BCUT2D eigenvalue weighted by molar-refractivity contribution is 0.146. The molecule has 36 heavy (non-hydrogen) atoms. The van der Waals surface area contributed by atoms with Gasteiger partial charge in [-0.15, -0.1) is 0 Å². The first-order valence-corrected chi connectivity index (χ1v) is 38.6. The lowest BCUT2D eigenvalue weighted by Gasteiger charge is -2.43. The summed E-state index contributed by atoms with van der Waals surface area (Å²) in [5.41, 5.74) is 0. The monoisotopic (exact) mass is 668 g/mol. The Morgan fingerprint density at radius 3 is 0.722 bits per heavy atom. The first-order valence-electron chi connectivity index (χ1n) is 12.9. The van der Waals surface area contributed by atoms with Gasteiger partial charge < -0.3 is 33.6 Å². The molecule has 220 valence electrons. The molecule has 0 aromatic heterocycles. The molecule has 0 aromatic rings. The summed E-state index contributed by atoms with van der Waals surface area (Å²) in [6, 6.07) is 0. The summed E-state index contributed by atoms with van der Waals surface area (Å²) >= 11 is 0. The predicted octanol–water partition coefficient (Wildman–Crippen LogP) is 6.09. The fourth-order valence-corrected chi connectivity index (χ4v) is 27.6. The van der Waals surface area contributed by atoms with E-state index >= 15 is 0 Å². The molecule has 0 bridgehead atoms. The molecule has 0 radical (unpaired) electrons. The van der Waals surface area contributed by atoms with E-state index in [0.29, 0.717) is 0 Å². The van der Waals surface area contributed by atoms with Crippen LogP contribution >= 0.6 is 0 Å². The summed E-state index contributed by atoms with van der Waals surface area (Å²) in [7, 11) is -18.1. The summed E-state index contributed by atoms with van der Waals surface area (Å²) in [4.78, 5) is 10.3. The topological polar surface area (TPSA) is 84.8 Å². The third-order valence-electron chi connectivity index (χ3n) is 2.92. The molecule has 8 nitrogen and oxygen atoms in total. The van der Waals surface area contributed by atoms with Crippen molar-refractivity contribution in [3.8, 4) is 0 Å². The van der Waals surface area contributed by atoms with Gasteiger partial charge in [-0.25, -0.2) is 0 Å². The van der Waals surface area contributed by atoms with Crippen molar-refractivity contribution in [1.29, 1.82) is 0 Å². The SMILES string of the molecule is C[SiH2]O[Si](O)(O[Si](C)(C)C)O[Si](C)(C)C.C[Si](C)(C)O[Si](O[Si](C)(C)C)(O[Si](C)(C)C)O[Si](C)(C)C. The predicted molar refractivity (Wildman–Crippen MR) is 176 cm³/mol. The molecule has 1 N–H and O–H groups in total. The minimum absolute atomic E-state index is 0.722. The average molecular weight is 669 g/mol. The summed E-state index contributed by atoms with van der Waals surface area (Å²) in [5.74, 6) is 0. The maximum atomic E-state index is 10.3. The summed E-state index contributed by atoms with van der Waals surface area (Å²) in [6.07, 6.45) is 0. The Hall–Kier alpha value is 1.63. The standard InChI is InChI=1S/C12H36O4Si5.C7H24O4Si4/c1-17(2,3)13-21(14-18(4,5)6,15-19(7,8)9)16-20(10,11)12;1-12-9-15(8,10-13(2,3)4)11-14(5,6)7/h1-12H3;8H,12H2,1-7H3. The van der Waals surface area contributed by atoms with Gasteiger partial charge >= 0.3 is 18.1 Å². The van der Waals surface area contributed by atoms with Gasteiger partial charge in [-0.3, -0.25) is 0 Å². The zero-order valence-electron chi connectivity index (χ0n) is 27.0. The van der Waals surface area contributed by atoms with Crippen LogP contribution in [0.4, 0.5) is 0 Å². The summed E-state index contributed by atoms with van der Waals surface area (Å²) in [5, 5.41) is 0. The van der Waals surface area contributed by atoms with Crippen molar-refractivity contribution in [3.05, 3.63) is 0 Å². The van der Waals surface area contributed by atoms with E-state index in [1.54, 1.807) is 0 Å². The summed E-state index contributed by atoms with van der Waals surface area (Å²) < 4.78 is 42.7. The molecule has 0 saturated carbocycles. The number of rotatable bonds is 14. The fraction of sp³-hybridized carbons (Fsp3) is 1.00. The van der Waals surface area contributed by atoms with Crippen LogP contribution < -0.4 is 0 Å². The van der Waals surface area contributed by atoms with Crippen LogP contribution in [0.25, 0.3) is 0 Å². The highest BCUT2D eigenvalue weighted by Crippen LogP contribution is 2.29. The van der Waals surface area contributed by atoms with Crippen molar-refractivity contribution >= 4 is 77.8 Å². The van der Waals surface area contributed by atoms with E-state index in [9.17, 15) is 4.80 Å². The maximum absolute atomic E-state index is 10.3. The molecule has 0 spiro atoms. The minimum atomic E-state index is -3.34. The molecule has 0 aliphatic rings. The van der Waals surface area contributed by atoms with Crippen LogP contribution in [-0.2, 0) is 28.8 Å². The van der Waals surface area contributed by atoms with Crippen molar-refractivity contribution in [2.24, 2.45) is 0 Å². The number of hydrogen-bond acceptors (Lipinski definition) is 8. The summed E-state index contributed by atoms with van der Waals surface area (Å²) in [6.45, 7) is 40.2. The molecule has 0 aliphatic carbocycles. The van der Waals surface area contributed by atoms with E-state index in [1.165, 1.54) is 0 Å². The van der Waals surface area contributed by atoms with E-state index < -0.39 is 77.8 Å². The molecule has 0 rings (SSSR count). The van der Waals surface area contributed by atoms with Crippen LogP contribution in [0.2, 0.25) is 124 Å². The quantitative estimate of drug-likeness (QED) is 0.223. The van der Waals surface area contributed by atoms with Gasteiger partial charge in [0.1, 0.15) is 0 Å². The zero-order chi connectivity index (χ0) is 29.7. The third kappa shape index (κ3) is 24.7. The Balaban J connectivity index is 0. The highest BCUT2D eigenvalue weighted by Gasteiger charge is 2.55. The zero-order valence-corrected chi connectivity index (χ0v) is 36.4. The highest BCUT2D eigenvalue weighted by atomic mass is 28.5. The van der Waals surface area contributed by atoms with Crippen LogP contribution in [-0.4, -0.2) is 82.6 Å². The molecule has 0 atom stereocenters. The van der Waals surface area contributed by atoms with Gasteiger partial charge in [0.05, 0.1) is 0 Å². The molecule has 0 aliphatic heterocycles.